The van der Waals surface area contributed by atoms with E-state index in [1.807, 2.05) is 18.5 Å². The van der Waals surface area contributed by atoms with E-state index in [-0.39, 0.29) is 6.04 Å². The van der Waals surface area contributed by atoms with E-state index in [0.717, 1.165) is 19.5 Å². The van der Waals surface area contributed by atoms with E-state index in [0.29, 0.717) is 0 Å². The quantitative estimate of drug-likeness (QED) is 0.649. The summed E-state index contributed by atoms with van der Waals surface area (Å²) in [4.78, 5) is 1.13. The molecule has 2 rings (SSSR count). The summed E-state index contributed by atoms with van der Waals surface area (Å²) in [5.41, 5.74) is 3.82. The van der Waals surface area contributed by atoms with E-state index in [4.69, 9.17) is 5.84 Å². The molecule has 0 bridgehead atoms. The van der Waals surface area contributed by atoms with Crippen LogP contribution in [0, 0.1) is 0 Å². The molecule has 0 spiro atoms. The van der Waals surface area contributed by atoms with E-state index >= 15 is 0 Å². The Morgan fingerprint density at radius 3 is 2.69 bits per heavy atom. The molecule has 0 amide bonds. The summed E-state index contributed by atoms with van der Waals surface area (Å²) < 4.78 is 3.80. The Hall–Kier alpha value is -0.210. The molecule has 0 aliphatic heterocycles. The van der Waals surface area contributed by atoms with Crippen molar-refractivity contribution in [3.05, 3.63) is 37.2 Å². The highest BCUT2D eigenvalue weighted by Crippen LogP contribution is 2.35. The van der Waals surface area contributed by atoms with Crippen molar-refractivity contribution in [3.63, 3.8) is 0 Å². The van der Waals surface area contributed by atoms with Crippen molar-refractivity contribution < 1.29 is 0 Å². The van der Waals surface area contributed by atoms with Gasteiger partial charge in [-0.2, -0.15) is 5.10 Å². The van der Waals surface area contributed by atoms with Crippen molar-refractivity contribution in [2.45, 2.75) is 6.04 Å². The highest BCUT2D eigenvalue weighted by atomic mass is 79.9. The predicted octanol–water partition coefficient (Wildman–Crippen LogP) is 2.56. The van der Waals surface area contributed by atoms with Gasteiger partial charge in [-0.1, -0.05) is 0 Å². The average Bonchev–Trinajstić information content (AvgIpc) is 2.80. The number of aryl methyl sites for hydroxylation is 1. The maximum atomic E-state index is 5.64. The van der Waals surface area contributed by atoms with E-state index in [9.17, 15) is 0 Å². The Morgan fingerprint density at radius 1 is 1.50 bits per heavy atom. The van der Waals surface area contributed by atoms with Gasteiger partial charge in [0, 0.05) is 16.4 Å². The van der Waals surface area contributed by atoms with Gasteiger partial charge in [0.25, 0.3) is 0 Å². The summed E-state index contributed by atoms with van der Waals surface area (Å²) in [5.74, 6) is 5.64. The van der Waals surface area contributed by atoms with Gasteiger partial charge in [0.1, 0.15) is 0 Å². The van der Waals surface area contributed by atoms with Gasteiger partial charge in [0.05, 0.1) is 22.4 Å². The van der Waals surface area contributed by atoms with Crippen LogP contribution in [-0.4, -0.2) is 9.78 Å². The van der Waals surface area contributed by atoms with Crippen LogP contribution in [0.2, 0.25) is 0 Å². The third-order valence-electron chi connectivity index (χ3n) is 2.28. The minimum Gasteiger partial charge on any atom is -0.270 e. The highest BCUT2D eigenvalue weighted by Gasteiger charge is 2.22. The van der Waals surface area contributed by atoms with Crippen LogP contribution in [0.3, 0.4) is 0 Å². The number of hydrogen-bond donors (Lipinski definition) is 2. The van der Waals surface area contributed by atoms with Crippen LogP contribution >= 0.6 is 43.2 Å². The normalized spacial score (nSPS) is 13.0. The molecule has 1 unspecified atom stereocenters. The summed E-state index contributed by atoms with van der Waals surface area (Å²) in [7, 11) is 1.89. The van der Waals surface area contributed by atoms with E-state index in [2.05, 4.69) is 42.4 Å². The monoisotopic (exact) mass is 364 g/mol. The van der Waals surface area contributed by atoms with E-state index in [1.54, 1.807) is 22.2 Å². The fourth-order valence-corrected chi connectivity index (χ4v) is 3.78. The largest absolute Gasteiger partial charge is 0.270 e. The van der Waals surface area contributed by atoms with Crippen molar-refractivity contribution in [2.75, 3.05) is 0 Å². The van der Waals surface area contributed by atoms with Crippen LogP contribution < -0.4 is 11.3 Å². The lowest BCUT2D eigenvalue weighted by molar-refractivity contribution is 0.578. The molecule has 1 atom stereocenters. The third-order valence-corrected chi connectivity index (χ3v) is 4.83. The standard InChI is InChI=1S/C9H10Br2N4S/c1-15-8(6(11)4-13-15)7(14-12)9-5(10)2-3-16-9/h2-4,7,14H,12H2,1H3. The molecule has 0 aliphatic carbocycles. The second-order valence-corrected chi connectivity index (χ2v) is 5.89. The second kappa shape index (κ2) is 4.97. The fourth-order valence-electron chi connectivity index (χ4n) is 1.54. The Morgan fingerprint density at radius 2 is 2.25 bits per heavy atom. The molecule has 0 saturated carbocycles. The zero-order valence-electron chi connectivity index (χ0n) is 8.45. The lowest BCUT2D eigenvalue weighted by Gasteiger charge is -2.16. The van der Waals surface area contributed by atoms with Crippen molar-refractivity contribution in [1.82, 2.24) is 15.2 Å². The lowest BCUT2D eigenvalue weighted by Crippen LogP contribution is -2.30. The van der Waals surface area contributed by atoms with Crippen LogP contribution in [0.15, 0.2) is 26.6 Å². The molecule has 2 heterocycles. The molecule has 0 fully saturated rings. The molecule has 86 valence electrons. The minimum atomic E-state index is -0.0729. The van der Waals surface area contributed by atoms with E-state index < -0.39 is 0 Å². The van der Waals surface area contributed by atoms with Crippen LogP contribution in [-0.2, 0) is 7.05 Å². The minimum absolute atomic E-state index is 0.0729. The fraction of sp³-hybridized carbons (Fsp3) is 0.222. The van der Waals surface area contributed by atoms with Gasteiger partial charge >= 0.3 is 0 Å². The molecule has 0 saturated heterocycles. The summed E-state index contributed by atoms with van der Waals surface area (Å²) in [6.07, 6.45) is 1.77. The molecular formula is C9H10Br2N4S. The van der Waals surface area contributed by atoms with Gasteiger partial charge < -0.3 is 0 Å². The predicted molar refractivity (Wildman–Crippen MR) is 72.1 cm³/mol. The smallest absolute Gasteiger partial charge is 0.0992 e. The molecule has 0 aromatic carbocycles. The maximum Gasteiger partial charge on any atom is 0.0992 e. The summed E-state index contributed by atoms with van der Waals surface area (Å²) in [6.45, 7) is 0. The first kappa shape index (κ1) is 12.3. The molecule has 16 heavy (non-hydrogen) atoms. The van der Waals surface area contributed by atoms with Crippen LogP contribution in [0.5, 0.6) is 0 Å². The van der Waals surface area contributed by atoms with Crippen LogP contribution in [0.4, 0.5) is 0 Å². The first-order chi connectivity index (χ1) is 7.65. The van der Waals surface area contributed by atoms with Crippen molar-refractivity contribution in [2.24, 2.45) is 12.9 Å². The number of thiophene rings is 1. The van der Waals surface area contributed by atoms with Gasteiger partial charge in [-0.15, -0.1) is 11.3 Å². The number of hydrazine groups is 1. The van der Waals surface area contributed by atoms with Crippen molar-refractivity contribution >= 4 is 43.2 Å². The van der Waals surface area contributed by atoms with Crippen molar-refractivity contribution in [1.29, 1.82) is 0 Å². The lowest BCUT2D eigenvalue weighted by atomic mass is 10.2. The maximum absolute atomic E-state index is 5.64. The number of nitrogens with zero attached hydrogens (tertiary/aromatic N) is 2. The number of rotatable bonds is 3. The number of aromatic nitrogens is 2. The summed E-state index contributed by atoms with van der Waals surface area (Å²) in [5, 5.41) is 6.21. The molecule has 7 heteroatoms. The summed E-state index contributed by atoms with van der Waals surface area (Å²) in [6, 6.07) is 1.94. The number of nitrogens with two attached hydrogens (primary N) is 1. The van der Waals surface area contributed by atoms with Gasteiger partial charge in [0.15, 0.2) is 0 Å². The van der Waals surface area contributed by atoms with Gasteiger partial charge in [-0.25, -0.2) is 5.43 Å². The molecule has 4 nitrogen and oxygen atoms in total. The Kier molecular flexibility index (Phi) is 3.81. The second-order valence-electron chi connectivity index (χ2n) is 3.23. The van der Waals surface area contributed by atoms with Crippen LogP contribution in [0.1, 0.15) is 16.6 Å². The number of nitrogens with one attached hydrogen (secondary N) is 1. The first-order valence-corrected chi connectivity index (χ1v) is 6.98. The third kappa shape index (κ3) is 2.10. The molecule has 0 radical (unpaired) electrons. The Labute approximate surface area is 114 Å². The molecular weight excluding hydrogens is 356 g/mol. The van der Waals surface area contributed by atoms with Crippen molar-refractivity contribution in [3.8, 4) is 0 Å². The van der Waals surface area contributed by atoms with Gasteiger partial charge in [0.2, 0.25) is 0 Å². The Bertz CT molecular complexity index is 474. The van der Waals surface area contributed by atoms with Gasteiger partial charge in [-0.05, 0) is 43.3 Å². The van der Waals surface area contributed by atoms with Crippen LogP contribution in [0.25, 0.3) is 0 Å². The highest BCUT2D eigenvalue weighted by molar-refractivity contribution is 9.10. The summed E-state index contributed by atoms with van der Waals surface area (Å²) >= 11 is 8.64. The molecule has 2 aromatic heterocycles. The topological polar surface area (TPSA) is 55.9 Å². The average molecular weight is 366 g/mol. The molecule has 3 N–H and O–H groups in total. The number of halogens is 2. The SMILES string of the molecule is Cn1ncc(Br)c1C(NN)c1sccc1Br. The Balaban J connectivity index is 2.49. The zero-order valence-corrected chi connectivity index (χ0v) is 12.4. The first-order valence-electron chi connectivity index (χ1n) is 4.51. The number of hydrogen-bond acceptors (Lipinski definition) is 4. The molecule has 0 aliphatic rings. The molecule has 2 aromatic rings. The zero-order chi connectivity index (χ0) is 11.7. The van der Waals surface area contributed by atoms with E-state index in [1.165, 1.54) is 0 Å². The van der Waals surface area contributed by atoms with Gasteiger partial charge in [-0.3, -0.25) is 10.5 Å².